The Labute approximate surface area is 183 Å². The van der Waals surface area contributed by atoms with Crippen LogP contribution in [-0.2, 0) is 0 Å². The molecule has 1 atom stereocenters. The minimum atomic E-state index is -0.621. The van der Waals surface area contributed by atoms with Crippen molar-refractivity contribution in [1.82, 2.24) is 24.9 Å². The first-order chi connectivity index (χ1) is 15.5. The number of hydrogen-bond acceptors (Lipinski definition) is 8. The number of primary amides is 1. The summed E-state index contributed by atoms with van der Waals surface area (Å²) in [4.78, 5) is 33.2. The average molecular weight is 430 g/mol. The molecule has 1 amide bonds. The number of hydrogen-bond donors (Lipinski definition) is 3. The van der Waals surface area contributed by atoms with E-state index in [0.29, 0.717) is 22.9 Å². The Morgan fingerprint density at radius 2 is 1.78 bits per heavy atom. The van der Waals surface area contributed by atoms with Crippen molar-refractivity contribution in [3.05, 3.63) is 84.3 Å². The Morgan fingerprint density at radius 3 is 2.50 bits per heavy atom. The maximum absolute atomic E-state index is 13.3. The average Bonchev–Trinajstić information content (AvgIpc) is 2.80. The van der Waals surface area contributed by atoms with Crippen LogP contribution in [0.4, 0.5) is 22.0 Å². The van der Waals surface area contributed by atoms with E-state index in [1.165, 1.54) is 18.3 Å². The van der Waals surface area contributed by atoms with Crippen molar-refractivity contribution in [2.24, 2.45) is 5.73 Å². The summed E-state index contributed by atoms with van der Waals surface area (Å²) in [6, 6.07) is 9.26. The third kappa shape index (κ3) is 4.81. The molecule has 10 heteroatoms. The molecule has 0 saturated carbocycles. The highest BCUT2D eigenvalue weighted by atomic mass is 19.1. The van der Waals surface area contributed by atoms with E-state index in [2.05, 4.69) is 35.6 Å². The highest BCUT2D eigenvalue weighted by molar-refractivity contribution is 5.99. The smallest absolute Gasteiger partial charge is 0.250 e. The molecule has 0 aliphatic carbocycles. The van der Waals surface area contributed by atoms with Gasteiger partial charge < -0.3 is 16.4 Å². The highest BCUT2D eigenvalue weighted by Crippen LogP contribution is 2.27. The Hall–Kier alpha value is -4.47. The zero-order valence-electron chi connectivity index (χ0n) is 17.0. The topological polar surface area (TPSA) is 132 Å². The first kappa shape index (κ1) is 20.8. The maximum Gasteiger partial charge on any atom is 0.250 e. The summed E-state index contributed by atoms with van der Waals surface area (Å²) in [5, 5.41) is 6.29. The van der Waals surface area contributed by atoms with Gasteiger partial charge in [-0.15, -0.1) is 0 Å². The molecule has 0 radical (unpaired) electrons. The van der Waals surface area contributed by atoms with Gasteiger partial charge in [-0.1, -0.05) is 12.1 Å². The molecule has 4 N–H and O–H groups in total. The predicted molar refractivity (Wildman–Crippen MR) is 118 cm³/mol. The molecule has 4 aromatic rings. The van der Waals surface area contributed by atoms with Gasteiger partial charge in [-0.2, -0.15) is 4.98 Å². The number of anilines is 3. The minimum Gasteiger partial charge on any atom is -0.366 e. The summed E-state index contributed by atoms with van der Waals surface area (Å²) < 4.78 is 13.3. The third-order valence-electron chi connectivity index (χ3n) is 4.62. The third-order valence-corrected chi connectivity index (χ3v) is 4.62. The summed E-state index contributed by atoms with van der Waals surface area (Å²) in [6.07, 6.45) is 7.60. The lowest BCUT2D eigenvalue weighted by Crippen LogP contribution is -2.14. The Bertz CT molecular complexity index is 1230. The standard InChI is InChI=1S/C22H19FN8O/c1-13(14-2-4-15(23)5-3-14)28-22-29-18(16-6-7-25-11-17(16)21(24)32)10-19(31-22)30-20-12-26-8-9-27-20/h2-13H,1H3,(H2,24,32)(H2,27,28,29,30,31)/t13-/m0/s1. The number of nitrogens with one attached hydrogen (secondary N) is 2. The van der Waals surface area contributed by atoms with Gasteiger partial charge in [0, 0.05) is 36.4 Å². The molecule has 0 aliphatic rings. The summed E-state index contributed by atoms with van der Waals surface area (Å²) in [5.41, 5.74) is 7.57. The molecule has 0 unspecified atom stereocenters. The monoisotopic (exact) mass is 430 g/mol. The van der Waals surface area contributed by atoms with Crippen molar-refractivity contribution in [3.8, 4) is 11.3 Å². The van der Waals surface area contributed by atoms with Crippen LogP contribution in [0.5, 0.6) is 0 Å². The number of halogens is 1. The summed E-state index contributed by atoms with van der Waals surface area (Å²) in [5.74, 6) is 0.268. The number of nitrogens with two attached hydrogens (primary N) is 1. The van der Waals surface area contributed by atoms with Crippen LogP contribution in [0, 0.1) is 5.82 Å². The number of carbonyl (C=O) groups is 1. The fourth-order valence-corrected chi connectivity index (χ4v) is 3.05. The van der Waals surface area contributed by atoms with E-state index in [4.69, 9.17) is 5.73 Å². The molecular weight excluding hydrogens is 411 g/mol. The Balaban J connectivity index is 1.73. The first-order valence-electron chi connectivity index (χ1n) is 9.68. The molecule has 9 nitrogen and oxygen atoms in total. The normalized spacial score (nSPS) is 11.6. The van der Waals surface area contributed by atoms with Gasteiger partial charge in [-0.05, 0) is 30.7 Å². The van der Waals surface area contributed by atoms with Gasteiger partial charge in [0.1, 0.15) is 17.5 Å². The molecule has 1 aromatic carbocycles. The van der Waals surface area contributed by atoms with Gasteiger partial charge in [0.25, 0.3) is 5.91 Å². The minimum absolute atomic E-state index is 0.219. The molecular formula is C22H19FN8O. The van der Waals surface area contributed by atoms with E-state index in [-0.39, 0.29) is 23.4 Å². The predicted octanol–water partition coefficient (Wildman–Crippen LogP) is 3.48. The van der Waals surface area contributed by atoms with Crippen LogP contribution < -0.4 is 16.4 Å². The number of benzene rings is 1. The number of aromatic nitrogens is 5. The lowest BCUT2D eigenvalue weighted by atomic mass is 10.1. The summed E-state index contributed by atoms with van der Waals surface area (Å²) in [6.45, 7) is 1.90. The zero-order chi connectivity index (χ0) is 22.5. The van der Waals surface area contributed by atoms with Gasteiger partial charge in [-0.3, -0.25) is 14.8 Å². The summed E-state index contributed by atoms with van der Waals surface area (Å²) in [7, 11) is 0. The molecule has 0 bridgehead atoms. The molecule has 0 saturated heterocycles. The van der Waals surface area contributed by atoms with Crippen molar-refractivity contribution >= 4 is 23.5 Å². The first-order valence-corrected chi connectivity index (χ1v) is 9.68. The van der Waals surface area contributed by atoms with Crippen LogP contribution in [0.1, 0.15) is 28.9 Å². The molecule has 0 spiro atoms. The Kier molecular flexibility index (Phi) is 5.93. The lowest BCUT2D eigenvalue weighted by molar-refractivity contribution is 0.100. The van der Waals surface area contributed by atoms with E-state index in [0.717, 1.165) is 5.56 Å². The van der Waals surface area contributed by atoms with E-state index < -0.39 is 5.91 Å². The molecule has 0 aliphatic heterocycles. The van der Waals surface area contributed by atoms with Crippen LogP contribution >= 0.6 is 0 Å². The fraction of sp³-hybridized carbons (Fsp3) is 0.0909. The van der Waals surface area contributed by atoms with E-state index in [1.807, 2.05) is 6.92 Å². The largest absolute Gasteiger partial charge is 0.366 e. The van der Waals surface area contributed by atoms with E-state index in [9.17, 15) is 9.18 Å². The second-order valence-electron chi connectivity index (χ2n) is 6.88. The van der Waals surface area contributed by atoms with Gasteiger partial charge in [0.15, 0.2) is 0 Å². The van der Waals surface area contributed by atoms with E-state index in [1.54, 1.807) is 49.1 Å². The second kappa shape index (κ2) is 9.13. The number of rotatable bonds is 7. The molecule has 32 heavy (non-hydrogen) atoms. The van der Waals surface area contributed by atoms with Crippen molar-refractivity contribution in [2.45, 2.75) is 13.0 Å². The van der Waals surface area contributed by atoms with Gasteiger partial charge in [0.05, 0.1) is 23.5 Å². The van der Waals surface area contributed by atoms with Gasteiger partial charge in [0.2, 0.25) is 5.95 Å². The fourth-order valence-electron chi connectivity index (χ4n) is 3.05. The zero-order valence-corrected chi connectivity index (χ0v) is 17.0. The second-order valence-corrected chi connectivity index (χ2v) is 6.88. The van der Waals surface area contributed by atoms with Crippen LogP contribution in [0.25, 0.3) is 11.3 Å². The summed E-state index contributed by atoms with van der Waals surface area (Å²) >= 11 is 0. The highest BCUT2D eigenvalue weighted by Gasteiger charge is 2.16. The van der Waals surface area contributed by atoms with Gasteiger partial charge >= 0.3 is 0 Å². The number of nitrogens with zero attached hydrogens (tertiary/aromatic N) is 5. The van der Waals surface area contributed by atoms with E-state index >= 15 is 0 Å². The number of amides is 1. The van der Waals surface area contributed by atoms with Crippen LogP contribution in [-0.4, -0.2) is 30.8 Å². The molecule has 3 aromatic heterocycles. The lowest BCUT2D eigenvalue weighted by Gasteiger charge is -2.16. The van der Waals surface area contributed by atoms with Crippen molar-refractivity contribution in [1.29, 1.82) is 0 Å². The van der Waals surface area contributed by atoms with Gasteiger partial charge in [-0.25, -0.2) is 14.4 Å². The Morgan fingerprint density at radius 1 is 1.00 bits per heavy atom. The molecule has 160 valence electrons. The van der Waals surface area contributed by atoms with Crippen LogP contribution in [0.3, 0.4) is 0 Å². The van der Waals surface area contributed by atoms with Crippen molar-refractivity contribution in [2.75, 3.05) is 10.6 Å². The van der Waals surface area contributed by atoms with Crippen molar-refractivity contribution in [3.63, 3.8) is 0 Å². The number of carbonyl (C=O) groups excluding carboxylic acids is 1. The van der Waals surface area contributed by atoms with Crippen LogP contribution in [0.15, 0.2) is 67.4 Å². The quantitative estimate of drug-likeness (QED) is 0.406. The SMILES string of the molecule is C[C@H](Nc1nc(Nc2cnccn2)cc(-c2ccncc2C(N)=O)n1)c1ccc(F)cc1. The number of pyridine rings is 1. The molecule has 0 fully saturated rings. The maximum atomic E-state index is 13.3. The van der Waals surface area contributed by atoms with Crippen LogP contribution in [0.2, 0.25) is 0 Å². The molecule has 3 heterocycles. The molecule has 4 rings (SSSR count). The van der Waals surface area contributed by atoms with Crippen molar-refractivity contribution < 1.29 is 9.18 Å².